The minimum absolute atomic E-state index is 0.208. The fourth-order valence-electron chi connectivity index (χ4n) is 4.14. The molecule has 3 N–H and O–H groups in total. The second-order valence-corrected chi connectivity index (χ2v) is 7.55. The highest BCUT2D eigenvalue weighted by Crippen LogP contribution is 2.27. The Hall–Kier alpha value is -2.86. The summed E-state index contributed by atoms with van der Waals surface area (Å²) in [5.41, 5.74) is 2.02. The van der Waals surface area contributed by atoms with E-state index in [2.05, 4.69) is 55.4 Å². The largest absolute Gasteiger partial charge is 0.352 e. The molecule has 2 saturated heterocycles. The molecule has 28 heavy (non-hydrogen) atoms. The second-order valence-electron chi connectivity index (χ2n) is 7.55. The molecule has 0 saturated carbocycles. The maximum absolute atomic E-state index is 9.23. The molecular weight excluding hydrogens is 354 g/mol. The molecule has 0 spiro atoms. The summed E-state index contributed by atoms with van der Waals surface area (Å²) in [6.45, 7) is 8.63. The monoisotopic (exact) mass is 381 g/mol. The highest BCUT2D eigenvalue weighted by molar-refractivity contribution is 5.90. The molecule has 1 atom stereocenters. The number of rotatable bonds is 2. The average molecular weight is 381 g/mol. The SMILES string of the molecule is Cc1c[nH]c2ncnc(N3CCN(C(=NC4CCNCC4)NC#N)[C@@H](C)C3)c12. The van der Waals surface area contributed by atoms with Gasteiger partial charge in [0.2, 0.25) is 5.96 Å². The Kier molecular flexibility index (Phi) is 5.30. The van der Waals surface area contributed by atoms with Crippen LogP contribution in [0.5, 0.6) is 0 Å². The fourth-order valence-corrected chi connectivity index (χ4v) is 4.14. The van der Waals surface area contributed by atoms with Gasteiger partial charge in [-0.05, 0) is 45.3 Å². The van der Waals surface area contributed by atoms with Gasteiger partial charge in [-0.1, -0.05) is 0 Å². The number of aromatic nitrogens is 3. The van der Waals surface area contributed by atoms with Crippen LogP contribution >= 0.6 is 0 Å². The third kappa shape index (κ3) is 3.60. The quantitative estimate of drug-likeness (QED) is 0.308. The number of anilines is 1. The minimum atomic E-state index is 0.208. The van der Waals surface area contributed by atoms with E-state index >= 15 is 0 Å². The molecule has 0 aromatic carbocycles. The van der Waals surface area contributed by atoms with Crippen LogP contribution in [0.1, 0.15) is 25.3 Å². The van der Waals surface area contributed by atoms with Crippen molar-refractivity contribution in [2.24, 2.45) is 4.99 Å². The highest BCUT2D eigenvalue weighted by atomic mass is 15.4. The molecule has 2 aromatic rings. The van der Waals surface area contributed by atoms with Crippen molar-refractivity contribution in [3.63, 3.8) is 0 Å². The van der Waals surface area contributed by atoms with E-state index in [0.717, 1.165) is 68.0 Å². The van der Waals surface area contributed by atoms with E-state index in [1.54, 1.807) is 6.33 Å². The highest BCUT2D eigenvalue weighted by Gasteiger charge is 2.29. The van der Waals surface area contributed by atoms with Gasteiger partial charge >= 0.3 is 0 Å². The summed E-state index contributed by atoms with van der Waals surface area (Å²) in [5.74, 6) is 1.67. The van der Waals surface area contributed by atoms with E-state index in [1.807, 2.05) is 6.20 Å². The topological polar surface area (TPSA) is 108 Å². The van der Waals surface area contributed by atoms with Crippen LogP contribution in [0.15, 0.2) is 17.5 Å². The standard InChI is InChI=1S/C19H27N9/c1-13-9-22-17-16(13)18(25-12-24-17)27-7-8-28(14(2)10-27)19(23-11-20)26-15-3-5-21-6-4-15/h9,12,14-15,21H,3-8,10H2,1-2H3,(H,23,26)(H,22,24,25)/t14-/m0/s1. The van der Waals surface area contributed by atoms with Gasteiger partial charge in [0.15, 0.2) is 6.19 Å². The van der Waals surface area contributed by atoms with Gasteiger partial charge in [0.05, 0.1) is 11.4 Å². The van der Waals surface area contributed by atoms with Crippen molar-refractivity contribution in [2.45, 2.75) is 38.8 Å². The summed E-state index contributed by atoms with van der Waals surface area (Å²) in [4.78, 5) is 21.5. The van der Waals surface area contributed by atoms with Crippen molar-refractivity contribution < 1.29 is 0 Å². The molecule has 0 radical (unpaired) electrons. The molecule has 0 bridgehead atoms. The maximum atomic E-state index is 9.23. The van der Waals surface area contributed by atoms with Gasteiger partial charge in [0, 0.05) is 31.9 Å². The first-order chi connectivity index (χ1) is 13.7. The van der Waals surface area contributed by atoms with Crippen molar-refractivity contribution in [3.8, 4) is 6.19 Å². The third-order valence-corrected chi connectivity index (χ3v) is 5.63. The first-order valence-electron chi connectivity index (χ1n) is 9.91. The molecule has 148 valence electrons. The zero-order valence-corrected chi connectivity index (χ0v) is 16.4. The summed E-state index contributed by atoms with van der Waals surface area (Å²) >= 11 is 0. The molecule has 2 aromatic heterocycles. The lowest BCUT2D eigenvalue weighted by Crippen LogP contribution is -2.57. The van der Waals surface area contributed by atoms with Crippen LogP contribution in [0, 0.1) is 18.4 Å². The van der Waals surface area contributed by atoms with Crippen LogP contribution in [-0.2, 0) is 0 Å². The molecule has 9 nitrogen and oxygen atoms in total. The number of aliphatic imine (C=N–C) groups is 1. The normalized spacial score (nSPS) is 21.8. The Bertz CT molecular complexity index is 890. The smallest absolute Gasteiger partial charge is 0.208 e. The van der Waals surface area contributed by atoms with E-state index in [1.165, 1.54) is 0 Å². The van der Waals surface area contributed by atoms with E-state index in [0.29, 0.717) is 5.96 Å². The van der Waals surface area contributed by atoms with Gasteiger partial charge in [0.25, 0.3) is 0 Å². The number of nitrogens with zero attached hydrogens (tertiary/aromatic N) is 6. The van der Waals surface area contributed by atoms with Crippen LogP contribution in [0.3, 0.4) is 0 Å². The lowest BCUT2D eigenvalue weighted by Gasteiger charge is -2.42. The Balaban J connectivity index is 1.53. The van der Waals surface area contributed by atoms with Gasteiger partial charge in [-0.25, -0.2) is 15.0 Å². The van der Waals surface area contributed by atoms with Crippen molar-refractivity contribution >= 4 is 22.8 Å². The van der Waals surface area contributed by atoms with Crippen molar-refractivity contribution in [1.29, 1.82) is 5.26 Å². The Morgan fingerprint density at radius 1 is 1.32 bits per heavy atom. The van der Waals surface area contributed by atoms with Crippen molar-refractivity contribution in [2.75, 3.05) is 37.6 Å². The van der Waals surface area contributed by atoms with Crippen LogP contribution in [-0.4, -0.2) is 70.6 Å². The predicted molar refractivity (Wildman–Crippen MR) is 109 cm³/mol. The van der Waals surface area contributed by atoms with E-state index < -0.39 is 0 Å². The Morgan fingerprint density at radius 2 is 2.14 bits per heavy atom. The number of aryl methyl sites for hydroxylation is 1. The number of guanidine groups is 1. The number of piperazine rings is 1. The average Bonchev–Trinajstić information content (AvgIpc) is 3.10. The van der Waals surface area contributed by atoms with Crippen LogP contribution < -0.4 is 15.5 Å². The van der Waals surface area contributed by atoms with Crippen LogP contribution in [0.2, 0.25) is 0 Å². The molecule has 2 aliphatic rings. The summed E-state index contributed by atoms with van der Waals surface area (Å²) in [5, 5.41) is 16.5. The van der Waals surface area contributed by atoms with Gasteiger partial charge < -0.3 is 20.1 Å². The predicted octanol–water partition coefficient (Wildman–Crippen LogP) is 0.956. The molecule has 9 heteroatoms. The third-order valence-electron chi connectivity index (χ3n) is 5.63. The zero-order chi connectivity index (χ0) is 19.5. The second kappa shape index (κ2) is 8.02. The van der Waals surface area contributed by atoms with Gasteiger partial charge in [-0.15, -0.1) is 0 Å². The molecule has 4 heterocycles. The van der Waals surface area contributed by atoms with Crippen molar-refractivity contribution in [1.82, 2.24) is 30.5 Å². The maximum Gasteiger partial charge on any atom is 0.208 e. The summed E-state index contributed by atoms with van der Waals surface area (Å²) in [6.07, 6.45) is 7.68. The van der Waals surface area contributed by atoms with Gasteiger partial charge in [-0.3, -0.25) is 5.32 Å². The summed E-state index contributed by atoms with van der Waals surface area (Å²) in [7, 11) is 0. The number of aromatic amines is 1. The molecule has 0 unspecified atom stereocenters. The lowest BCUT2D eigenvalue weighted by atomic mass is 10.1. The molecule has 4 rings (SSSR count). The lowest BCUT2D eigenvalue weighted by molar-refractivity contribution is 0.288. The summed E-state index contributed by atoms with van der Waals surface area (Å²) in [6, 6.07) is 0.477. The van der Waals surface area contributed by atoms with Gasteiger partial charge in [0.1, 0.15) is 17.8 Å². The van der Waals surface area contributed by atoms with Gasteiger partial charge in [-0.2, -0.15) is 5.26 Å². The van der Waals surface area contributed by atoms with E-state index in [9.17, 15) is 5.26 Å². The van der Waals surface area contributed by atoms with Crippen molar-refractivity contribution in [3.05, 3.63) is 18.1 Å². The number of H-pyrrole nitrogens is 1. The number of fused-ring (bicyclic) bond motifs is 1. The first kappa shape index (κ1) is 18.5. The number of nitrogens with one attached hydrogen (secondary N) is 3. The molecule has 2 fully saturated rings. The summed E-state index contributed by atoms with van der Waals surface area (Å²) < 4.78 is 0. The van der Waals surface area contributed by atoms with E-state index in [-0.39, 0.29) is 12.1 Å². The minimum Gasteiger partial charge on any atom is -0.352 e. The number of nitriles is 1. The Labute approximate surface area is 164 Å². The number of hydrogen-bond donors (Lipinski definition) is 3. The fraction of sp³-hybridized carbons (Fsp3) is 0.579. The molecule has 0 amide bonds. The zero-order valence-electron chi connectivity index (χ0n) is 16.4. The first-order valence-corrected chi connectivity index (χ1v) is 9.91. The number of piperidine rings is 1. The Morgan fingerprint density at radius 3 is 2.89 bits per heavy atom. The molecule has 0 aliphatic carbocycles. The molecule has 2 aliphatic heterocycles. The number of hydrogen-bond acceptors (Lipinski definition) is 6. The van der Waals surface area contributed by atoms with Crippen LogP contribution in [0.4, 0.5) is 5.82 Å². The molecular formula is C19H27N9. The van der Waals surface area contributed by atoms with Crippen LogP contribution in [0.25, 0.3) is 11.0 Å². The van der Waals surface area contributed by atoms with E-state index in [4.69, 9.17) is 4.99 Å².